The summed E-state index contributed by atoms with van der Waals surface area (Å²) in [5, 5.41) is 43.1. The Bertz CT molecular complexity index is 1910. The molecule has 1 aromatic heterocycles. The number of carbonyl (C=O) groups is 3. The zero-order chi connectivity index (χ0) is 49.0. The van der Waals surface area contributed by atoms with E-state index in [0.717, 1.165) is 16.0 Å². The van der Waals surface area contributed by atoms with Crippen molar-refractivity contribution in [2.75, 3.05) is 27.7 Å². The van der Waals surface area contributed by atoms with E-state index < -0.39 is 109 Å². The first-order valence-corrected chi connectivity index (χ1v) is 24.3. The summed E-state index contributed by atoms with van der Waals surface area (Å²) < 4.78 is 47.4. The number of aliphatic hydroxyl groups is 3. The number of hydrogen-bond acceptors (Lipinski definition) is 18. The van der Waals surface area contributed by atoms with Gasteiger partial charge in [-0.2, -0.15) is 0 Å². The number of ketones is 1. The SMILES string of the molecule is CO[C@@H]1[C@@H](O[C@@H]2O[C@H](C)[C@@H](O[C@H]3C[C@@](C)(O)[C@@H](OC(=O)CC(C)C)[C@H](C)O3)[C@H](N(C)C)[C@H]2O)[C@@H](CCNCc2ccc(-c3cnns3)cc2)C[C@@H](C)C(=O)C=CC=CC[C@@H](C)OC(=O)C[C@H]1O. The van der Waals surface area contributed by atoms with Crippen LogP contribution in [0.4, 0.5) is 0 Å². The van der Waals surface area contributed by atoms with Gasteiger partial charge in [0.05, 0.1) is 48.0 Å². The van der Waals surface area contributed by atoms with Gasteiger partial charge in [-0.3, -0.25) is 14.4 Å². The van der Waals surface area contributed by atoms with Crippen molar-refractivity contribution in [1.29, 1.82) is 0 Å². The molecule has 17 nitrogen and oxygen atoms in total. The Hall–Kier alpha value is -3.53. The number of aromatic nitrogens is 2. The van der Waals surface area contributed by atoms with Gasteiger partial charge < -0.3 is 58.7 Å². The molecule has 4 N–H and O–H groups in total. The number of carbonyl (C=O) groups excluding carboxylic acids is 3. The van der Waals surface area contributed by atoms with Crippen LogP contribution in [0.5, 0.6) is 0 Å². The molecule has 2 saturated heterocycles. The quantitative estimate of drug-likeness (QED) is 0.140. The summed E-state index contributed by atoms with van der Waals surface area (Å²) in [5.41, 5.74) is 0.578. The molecule has 0 unspecified atom stereocenters. The predicted octanol–water partition coefficient (Wildman–Crippen LogP) is 4.76. The molecular weight excluding hydrogens is 885 g/mol. The minimum atomic E-state index is -1.49. The number of nitrogens with one attached hydrogen (secondary N) is 1. The fraction of sp³-hybridized carbons (Fsp3) is 0.694. The van der Waals surface area contributed by atoms with Crippen LogP contribution in [-0.2, 0) is 54.1 Å². The number of likely N-dealkylation sites (N-methyl/N-ethyl adjacent to an activating group) is 1. The molecule has 4 heterocycles. The molecule has 0 saturated carbocycles. The largest absolute Gasteiger partial charge is 0.462 e. The molecular formula is C49H74N4O13S. The van der Waals surface area contributed by atoms with Crippen LogP contribution in [0, 0.1) is 17.8 Å². The number of hydrogen-bond donors (Lipinski definition) is 4. The fourth-order valence-corrected chi connectivity index (χ4v) is 9.72. The highest BCUT2D eigenvalue weighted by Gasteiger charge is 2.52. The van der Waals surface area contributed by atoms with Crippen LogP contribution >= 0.6 is 11.5 Å². The van der Waals surface area contributed by atoms with Gasteiger partial charge in [0.1, 0.15) is 30.0 Å². The summed E-state index contributed by atoms with van der Waals surface area (Å²) >= 11 is 1.33. The number of allylic oxidation sites excluding steroid dienone is 3. The molecule has 0 aliphatic carbocycles. The second-order valence-electron chi connectivity index (χ2n) is 19.2. The van der Waals surface area contributed by atoms with Gasteiger partial charge >= 0.3 is 11.9 Å². The number of esters is 2. The van der Waals surface area contributed by atoms with Crippen molar-refractivity contribution in [1.82, 2.24) is 19.8 Å². The van der Waals surface area contributed by atoms with Crippen LogP contribution in [-0.4, -0.2) is 154 Å². The van der Waals surface area contributed by atoms with E-state index in [1.807, 2.05) is 51.1 Å². The highest BCUT2D eigenvalue weighted by atomic mass is 32.1. The third-order valence-corrected chi connectivity index (χ3v) is 13.4. The third kappa shape index (κ3) is 15.5. The predicted molar refractivity (Wildman–Crippen MR) is 250 cm³/mol. The van der Waals surface area contributed by atoms with E-state index in [9.17, 15) is 29.7 Å². The van der Waals surface area contributed by atoms with Crippen molar-refractivity contribution >= 4 is 29.3 Å². The summed E-state index contributed by atoms with van der Waals surface area (Å²) in [5.74, 6) is -2.05. The van der Waals surface area contributed by atoms with E-state index in [1.54, 1.807) is 65.0 Å². The van der Waals surface area contributed by atoms with Gasteiger partial charge in [-0.1, -0.05) is 67.8 Å². The van der Waals surface area contributed by atoms with Gasteiger partial charge in [0, 0.05) is 38.8 Å². The molecule has 15 atom stereocenters. The van der Waals surface area contributed by atoms with Crippen molar-refractivity contribution in [2.45, 2.75) is 173 Å². The number of rotatable bonds is 15. The smallest absolute Gasteiger partial charge is 0.308 e. The first-order chi connectivity index (χ1) is 31.8. The van der Waals surface area contributed by atoms with Gasteiger partial charge in [0.15, 0.2) is 24.5 Å². The Labute approximate surface area is 399 Å². The van der Waals surface area contributed by atoms with Gasteiger partial charge in [-0.25, -0.2) is 0 Å². The van der Waals surface area contributed by atoms with E-state index in [1.165, 1.54) is 24.7 Å². The van der Waals surface area contributed by atoms with E-state index in [4.69, 9.17) is 33.2 Å². The summed E-state index contributed by atoms with van der Waals surface area (Å²) in [6, 6.07) is 7.36. The highest BCUT2D eigenvalue weighted by molar-refractivity contribution is 7.09. The molecule has 3 aliphatic rings. The van der Waals surface area contributed by atoms with Gasteiger partial charge in [-0.05, 0) is 102 Å². The Kier molecular flexibility index (Phi) is 20.6. The number of aliphatic hydroxyl groups excluding tert-OH is 2. The second-order valence-corrected chi connectivity index (χ2v) is 20.0. The van der Waals surface area contributed by atoms with Crippen molar-refractivity contribution in [3.8, 4) is 10.4 Å². The van der Waals surface area contributed by atoms with Crippen molar-refractivity contribution in [3.63, 3.8) is 0 Å². The monoisotopic (exact) mass is 958 g/mol. The second kappa shape index (κ2) is 25.4. The molecule has 5 rings (SSSR count). The van der Waals surface area contributed by atoms with Crippen LogP contribution < -0.4 is 5.32 Å². The topological polar surface area (TPSA) is 218 Å². The average molecular weight is 959 g/mol. The number of nitrogens with zero attached hydrogens (tertiary/aromatic N) is 3. The number of methoxy groups -OCH3 is 1. The van der Waals surface area contributed by atoms with Crippen molar-refractivity contribution in [2.24, 2.45) is 17.8 Å². The Balaban J connectivity index is 1.40. The minimum Gasteiger partial charge on any atom is -0.462 e. The summed E-state index contributed by atoms with van der Waals surface area (Å²) in [7, 11) is 5.00. The maximum Gasteiger partial charge on any atom is 0.308 e. The highest BCUT2D eigenvalue weighted by Crippen LogP contribution is 2.38. The lowest BCUT2D eigenvalue weighted by Crippen LogP contribution is -2.66. The Morgan fingerprint density at radius 1 is 1.01 bits per heavy atom. The molecule has 1 aromatic carbocycles. The van der Waals surface area contributed by atoms with E-state index in [2.05, 4.69) is 14.9 Å². The average Bonchev–Trinajstić information content (AvgIpc) is 3.79. The Morgan fingerprint density at radius 3 is 2.39 bits per heavy atom. The molecule has 18 heteroatoms. The first-order valence-electron chi connectivity index (χ1n) is 23.5. The number of ether oxygens (including phenoxy) is 7. The Morgan fingerprint density at radius 2 is 1.75 bits per heavy atom. The van der Waals surface area contributed by atoms with Crippen LogP contribution in [0.3, 0.4) is 0 Å². The maximum absolute atomic E-state index is 13.6. The van der Waals surface area contributed by atoms with E-state index in [-0.39, 0.29) is 24.5 Å². The van der Waals surface area contributed by atoms with Crippen LogP contribution in [0.25, 0.3) is 10.4 Å². The van der Waals surface area contributed by atoms with E-state index in [0.29, 0.717) is 32.4 Å². The van der Waals surface area contributed by atoms with Crippen LogP contribution in [0.2, 0.25) is 0 Å². The zero-order valence-electron chi connectivity index (χ0n) is 40.7. The molecule has 0 radical (unpaired) electrons. The lowest BCUT2D eigenvalue weighted by molar-refractivity contribution is -0.344. The van der Waals surface area contributed by atoms with Crippen molar-refractivity contribution < 1.29 is 62.9 Å². The van der Waals surface area contributed by atoms with E-state index >= 15 is 0 Å². The molecule has 0 amide bonds. The number of cyclic esters (lactones) is 1. The molecule has 3 aliphatic heterocycles. The van der Waals surface area contributed by atoms with Crippen LogP contribution in [0.1, 0.15) is 92.6 Å². The summed E-state index contributed by atoms with van der Waals surface area (Å²) in [6.45, 7) is 13.5. The maximum atomic E-state index is 13.6. The number of benzene rings is 1. The molecule has 0 spiro atoms. The van der Waals surface area contributed by atoms with Crippen molar-refractivity contribution in [3.05, 3.63) is 60.3 Å². The standard InChI is InChI=1S/C49H74N4O13S/c1-28(2)22-39(56)64-47-32(6)62-41(25-49(47,7)59)65-44-31(5)63-48(43(58)42(44)53(8)9)66-45-35(20-21-50-26-33-16-18-34(19-17-33)38-27-51-52-67-38)23-29(3)36(54)15-13-11-12-14-30(4)61-40(57)24-37(55)46(45)60-10/h11-13,15-19,27-32,35,37,41-48,50,55,58-59H,14,20-26H2,1-10H3/t29-,30-,31-,32+,35+,37-,41+,42-,43-,44-,45+,46+,47+,48+,49-/m1/s1. The third-order valence-electron chi connectivity index (χ3n) is 12.7. The normalized spacial score (nSPS) is 34.9. The van der Waals surface area contributed by atoms with Gasteiger partial charge in [0.25, 0.3) is 0 Å². The summed E-state index contributed by atoms with van der Waals surface area (Å²) in [4.78, 5) is 42.2. The lowest BCUT2D eigenvalue weighted by atomic mass is 9.82. The molecule has 0 bridgehead atoms. The molecule has 374 valence electrons. The first kappa shape index (κ1) is 54.4. The molecule has 67 heavy (non-hydrogen) atoms. The van der Waals surface area contributed by atoms with Gasteiger partial charge in [-0.15, -0.1) is 5.10 Å². The lowest BCUT2D eigenvalue weighted by Gasteiger charge is -2.50. The fourth-order valence-electron chi connectivity index (χ4n) is 9.21. The van der Waals surface area contributed by atoms with Gasteiger partial charge in [0.2, 0.25) is 0 Å². The minimum absolute atomic E-state index is 0.0268. The summed E-state index contributed by atoms with van der Waals surface area (Å²) in [6.07, 6.45) is -1.41. The molecule has 2 fully saturated rings. The zero-order valence-corrected chi connectivity index (χ0v) is 41.5. The van der Waals surface area contributed by atoms with Crippen LogP contribution in [0.15, 0.2) is 54.8 Å². The molecule has 2 aromatic rings.